The number of aryl methyl sites for hydroxylation is 2. The highest BCUT2D eigenvalue weighted by atomic mass is 32.2. The van der Waals surface area contributed by atoms with Crippen molar-refractivity contribution < 1.29 is 17.9 Å². The second-order valence-corrected chi connectivity index (χ2v) is 8.59. The van der Waals surface area contributed by atoms with E-state index in [1.807, 2.05) is 32.0 Å². The molecule has 152 valence electrons. The summed E-state index contributed by atoms with van der Waals surface area (Å²) in [6.45, 7) is 6.36. The van der Waals surface area contributed by atoms with Crippen molar-refractivity contribution in [3.8, 4) is 5.75 Å². The molecule has 1 N–H and O–H groups in total. The molecule has 6 nitrogen and oxygen atoms in total. The fourth-order valence-corrected chi connectivity index (χ4v) is 4.26. The van der Waals surface area contributed by atoms with E-state index >= 15 is 0 Å². The first-order valence-electron chi connectivity index (χ1n) is 9.26. The number of nitrogens with zero attached hydrogens (tertiary/aromatic N) is 1. The van der Waals surface area contributed by atoms with Gasteiger partial charge in [-0.25, -0.2) is 8.42 Å². The van der Waals surface area contributed by atoms with Crippen molar-refractivity contribution >= 4 is 21.6 Å². The van der Waals surface area contributed by atoms with Gasteiger partial charge in [-0.2, -0.15) is 0 Å². The number of amides is 1. The summed E-state index contributed by atoms with van der Waals surface area (Å²) >= 11 is 0. The molecule has 0 radical (unpaired) electrons. The topological polar surface area (TPSA) is 75.7 Å². The zero-order valence-electron chi connectivity index (χ0n) is 16.8. The predicted octanol–water partition coefficient (Wildman–Crippen LogP) is 3.04. The van der Waals surface area contributed by atoms with E-state index in [-0.39, 0.29) is 12.5 Å². The van der Waals surface area contributed by atoms with E-state index < -0.39 is 16.1 Å². The molecule has 2 aromatic carbocycles. The summed E-state index contributed by atoms with van der Waals surface area (Å²) in [5.41, 5.74) is 2.66. The highest BCUT2D eigenvalue weighted by Crippen LogP contribution is 2.22. The van der Waals surface area contributed by atoms with Crippen LogP contribution >= 0.6 is 0 Å². The van der Waals surface area contributed by atoms with Gasteiger partial charge in [0.15, 0.2) is 0 Å². The molecule has 0 aliphatic rings. The number of sulfonamides is 1. The molecule has 1 atom stereocenters. The highest BCUT2D eigenvalue weighted by Gasteiger charge is 2.31. The average Bonchev–Trinajstić information content (AvgIpc) is 2.64. The van der Waals surface area contributed by atoms with Crippen molar-refractivity contribution in [2.75, 3.05) is 23.7 Å². The third kappa shape index (κ3) is 5.73. The fraction of sp³-hybridized carbons (Fsp3) is 0.381. The van der Waals surface area contributed by atoms with Crippen LogP contribution in [0.2, 0.25) is 0 Å². The van der Waals surface area contributed by atoms with Crippen molar-refractivity contribution in [2.45, 2.75) is 33.2 Å². The predicted molar refractivity (Wildman–Crippen MR) is 112 cm³/mol. The number of carbonyl (C=O) groups is 1. The van der Waals surface area contributed by atoms with Gasteiger partial charge in [0.2, 0.25) is 15.9 Å². The van der Waals surface area contributed by atoms with Crippen LogP contribution in [0.4, 0.5) is 5.69 Å². The Hall–Kier alpha value is -2.54. The number of hydrogen-bond donors (Lipinski definition) is 1. The van der Waals surface area contributed by atoms with Crippen LogP contribution in [0.15, 0.2) is 48.5 Å². The number of hydrogen-bond acceptors (Lipinski definition) is 4. The van der Waals surface area contributed by atoms with Crippen LogP contribution < -0.4 is 14.4 Å². The Morgan fingerprint density at radius 1 is 1.14 bits per heavy atom. The van der Waals surface area contributed by atoms with Gasteiger partial charge in [0.25, 0.3) is 0 Å². The number of anilines is 1. The van der Waals surface area contributed by atoms with E-state index in [1.165, 1.54) is 4.31 Å². The first-order valence-corrected chi connectivity index (χ1v) is 11.1. The maximum atomic E-state index is 12.7. The molecule has 0 heterocycles. The maximum Gasteiger partial charge on any atom is 0.244 e. The normalized spacial score (nSPS) is 12.3. The van der Waals surface area contributed by atoms with Crippen LogP contribution in [-0.2, 0) is 14.8 Å². The molecular formula is C21H28N2O4S. The van der Waals surface area contributed by atoms with Crippen molar-refractivity contribution in [1.29, 1.82) is 0 Å². The van der Waals surface area contributed by atoms with Gasteiger partial charge in [0.05, 0.1) is 18.5 Å². The minimum Gasteiger partial charge on any atom is -0.491 e. The molecule has 0 spiro atoms. The first-order chi connectivity index (χ1) is 13.2. The number of benzene rings is 2. The third-order valence-electron chi connectivity index (χ3n) is 4.33. The fourth-order valence-electron chi connectivity index (χ4n) is 3.05. The molecule has 0 saturated heterocycles. The Morgan fingerprint density at radius 3 is 2.39 bits per heavy atom. The SMILES string of the molecule is CCC(C(=O)NCCOc1ccc(C)cc1C)N(c1ccccc1)S(C)(=O)=O. The van der Waals surface area contributed by atoms with Crippen molar-refractivity contribution in [3.05, 3.63) is 59.7 Å². The van der Waals surface area contributed by atoms with Crippen LogP contribution in [-0.4, -0.2) is 39.8 Å². The van der Waals surface area contributed by atoms with Crippen molar-refractivity contribution in [1.82, 2.24) is 5.32 Å². The monoisotopic (exact) mass is 404 g/mol. The molecule has 0 aliphatic heterocycles. The van der Waals surface area contributed by atoms with E-state index in [0.29, 0.717) is 18.7 Å². The van der Waals surface area contributed by atoms with Gasteiger partial charge in [-0.3, -0.25) is 9.10 Å². The van der Waals surface area contributed by atoms with Gasteiger partial charge < -0.3 is 10.1 Å². The number of rotatable bonds is 9. The summed E-state index contributed by atoms with van der Waals surface area (Å²) < 4.78 is 31.6. The van der Waals surface area contributed by atoms with Crippen molar-refractivity contribution in [2.24, 2.45) is 0 Å². The number of carbonyl (C=O) groups excluding carboxylic acids is 1. The van der Waals surface area contributed by atoms with Crippen LogP contribution in [0.25, 0.3) is 0 Å². The van der Waals surface area contributed by atoms with E-state index in [0.717, 1.165) is 23.1 Å². The average molecular weight is 405 g/mol. The molecule has 0 aliphatic carbocycles. The summed E-state index contributed by atoms with van der Waals surface area (Å²) in [5.74, 6) is 0.426. The zero-order valence-corrected chi connectivity index (χ0v) is 17.6. The number of para-hydroxylation sites is 1. The van der Waals surface area contributed by atoms with Gasteiger partial charge in [0, 0.05) is 0 Å². The molecule has 7 heteroatoms. The molecule has 28 heavy (non-hydrogen) atoms. The Morgan fingerprint density at radius 2 is 1.82 bits per heavy atom. The minimum absolute atomic E-state index is 0.287. The molecule has 2 aromatic rings. The van der Waals surface area contributed by atoms with Gasteiger partial charge in [-0.05, 0) is 44.0 Å². The van der Waals surface area contributed by atoms with E-state index in [1.54, 1.807) is 37.3 Å². The Balaban J connectivity index is 2.01. The zero-order chi connectivity index (χ0) is 20.7. The Labute approximate surface area is 167 Å². The molecule has 0 saturated carbocycles. The van der Waals surface area contributed by atoms with Crippen LogP contribution in [0.3, 0.4) is 0 Å². The molecular weight excluding hydrogens is 376 g/mol. The molecule has 0 aromatic heterocycles. The lowest BCUT2D eigenvalue weighted by Gasteiger charge is -2.30. The molecule has 1 amide bonds. The molecule has 0 fully saturated rings. The molecule has 0 bridgehead atoms. The lowest BCUT2D eigenvalue weighted by atomic mass is 10.1. The molecule has 1 unspecified atom stereocenters. The van der Waals surface area contributed by atoms with Gasteiger partial charge in [0.1, 0.15) is 18.4 Å². The smallest absolute Gasteiger partial charge is 0.244 e. The number of ether oxygens (including phenoxy) is 1. The van der Waals surface area contributed by atoms with Gasteiger partial charge in [-0.15, -0.1) is 0 Å². The van der Waals surface area contributed by atoms with Crippen LogP contribution in [0.5, 0.6) is 5.75 Å². The van der Waals surface area contributed by atoms with Crippen LogP contribution in [0.1, 0.15) is 24.5 Å². The quantitative estimate of drug-likeness (QED) is 0.652. The summed E-state index contributed by atoms with van der Waals surface area (Å²) in [7, 11) is -3.62. The van der Waals surface area contributed by atoms with E-state index in [4.69, 9.17) is 4.74 Å². The Bertz CT molecular complexity index is 898. The summed E-state index contributed by atoms with van der Waals surface area (Å²) in [4.78, 5) is 12.7. The molecule has 2 rings (SSSR count). The highest BCUT2D eigenvalue weighted by molar-refractivity contribution is 7.92. The minimum atomic E-state index is -3.62. The second kappa shape index (κ2) is 9.59. The van der Waals surface area contributed by atoms with E-state index in [2.05, 4.69) is 5.32 Å². The third-order valence-corrected chi connectivity index (χ3v) is 5.51. The lowest BCUT2D eigenvalue weighted by Crippen LogP contribution is -2.49. The summed E-state index contributed by atoms with van der Waals surface area (Å²) in [6, 6.07) is 13.7. The van der Waals surface area contributed by atoms with Gasteiger partial charge >= 0.3 is 0 Å². The maximum absolute atomic E-state index is 12.7. The van der Waals surface area contributed by atoms with Crippen molar-refractivity contribution in [3.63, 3.8) is 0 Å². The largest absolute Gasteiger partial charge is 0.491 e. The standard InChI is InChI=1S/C21H28N2O4S/c1-5-19(23(28(4,25)26)18-9-7-6-8-10-18)21(24)22-13-14-27-20-12-11-16(2)15-17(20)3/h6-12,15,19H,5,13-14H2,1-4H3,(H,22,24). The number of nitrogens with one attached hydrogen (secondary N) is 1. The Kier molecular flexibility index (Phi) is 7.45. The lowest BCUT2D eigenvalue weighted by molar-refractivity contribution is -0.122. The first kappa shape index (κ1) is 21.8. The second-order valence-electron chi connectivity index (χ2n) is 6.73. The summed E-state index contributed by atoms with van der Waals surface area (Å²) in [5, 5.41) is 2.79. The van der Waals surface area contributed by atoms with E-state index in [9.17, 15) is 13.2 Å². The summed E-state index contributed by atoms with van der Waals surface area (Å²) in [6.07, 6.45) is 1.46. The van der Waals surface area contributed by atoms with Gasteiger partial charge in [-0.1, -0.05) is 42.8 Å². The van der Waals surface area contributed by atoms with Crippen LogP contribution in [0, 0.1) is 13.8 Å².